The molecule has 7 nitrogen and oxygen atoms in total. The van der Waals surface area contributed by atoms with Crippen LogP contribution in [-0.4, -0.2) is 67.6 Å². The maximum Gasteiger partial charge on any atom is 0.303 e. The van der Waals surface area contributed by atoms with E-state index < -0.39 is 69.9 Å². The van der Waals surface area contributed by atoms with Gasteiger partial charge in [-0.3, -0.25) is 14.4 Å². The number of aliphatic carboxylic acids is 1. The standard InChI is InChI=1S/C26H33BrF2O7/c1-23-12-20(32)26(29)14(9-17(28)15-10-19(31)16(27)11-24(15,26)2)13(23)7-8-25(23,36)22(35)18(30)5-3-4-6-21(33)34/h10-11,13-14,17-18,20,30,32,36H,3-9,12H2,1-2H3,(H,33,34)/t13-,14-,17?,18?,20?,23-,24-,25-,26-/m0/s1. The van der Waals surface area contributed by atoms with Gasteiger partial charge in [0.15, 0.2) is 17.2 Å². The number of carbonyl (C=O) groups excluding carboxylic acids is 2. The number of carboxylic acid groups (broad SMARTS) is 1. The number of carbonyl (C=O) groups is 3. The summed E-state index contributed by atoms with van der Waals surface area (Å²) in [5, 5.41) is 42.3. The lowest BCUT2D eigenvalue weighted by atomic mass is 9.44. The molecule has 4 aliphatic carbocycles. The number of carboxylic acids is 1. The molecule has 0 aromatic heterocycles. The van der Waals surface area contributed by atoms with Crippen molar-refractivity contribution < 1.29 is 43.6 Å². The minimum absolute atomic E-state index is 0.0155. The van der Waals surface area contributed by atoms with Gasteiger partial charge < -0.3 is 20.4 Å². The van der Waals surface area contributed by atoms with E-state index in [0.717, 1.165) is 6.08 Å². The zero-order valence-corrected chi connectivity index (χ0v) is 21.9. The molecule has 0 saturated heterocycles. The van der Waals surface area contributed by atoms with Gasteiger partial charge in [0.1, 0.15) is 17.9 Å². The van der Waals surface area contributed by atoms with Gasteiger partial charge in [-0.25, -0.2) is 8.78 Å². The second-order valence-corrected chi connectivity index (χ2v) is 12.3. The van der Waals surface area contributed by atoms with Crippen LogP contribution < -0.4 is 0 Å². The van der Waals surface area contributed by atoms with Crippen molar-refractivity contribution in [3.8, 4) is 0 Å². The van der Waals surface area contributed by atoms with Crippen LogP contribution in [0.4, 0.5) is 8.78 Å². The Balaban J connectivity index is 1.65. The molecule has 0 spiro atoms. The van der Waals surface area contributed by atoms with E-state index in [-0.39, 0.29) is 61.4 Å². The summed E-state index contributed by atoms with van der Waals surface area (Å²) in [7, 11) is 0. The molecule has 0 radical (unpaired) electrons. The summed E-state index contributed by atoms with van der Waals surface area (Å²) in [6.07, 6.45) is -2.43. The number of Topliss-reactive ketones (excluding diaryl/α,β-unsaturated/α-hetero) is 1. The molecule has 0 aliphatic heterocycles. The van der Waals surface area contributed by atoms with Crippen molar-refractivity contribution in [2.45, 2.75) is 94.9 Å². The van der Waals surface area contributed by atoms with Crippen LogP contribution in [0.5, 0.6) is 0 Å². The smallest absolute Gasteiger partial charge is 0.303 e. The lowest BCUT2D eigenvalue weighted by Crippen LogP contribution is -2.70. The van der Waals surface area contributed by atoms with Crippen molar-refractivity contribution in [3.05, 3.63) is 22.2 Å². The second-order valence-electron chi connectivity index (χ2n) is 11.4. The molecule has 36 heavy (non-hydrogen) atoms. The molecule has 3 saturated carbocycles. The number of ketones is 2. The molecule has 4 aliphatic rings. The second kappa shape index (κ2) is 9.06. The molecule has 0 bridgehead atoms. The van der Waals surface area contributed by atoms with Crippen LogP contribution in [0.2, 0.25) is 0 Å². The monoisotopic (exact) mass is 574 g/mol. The van der Waals surface area contributed by atoms with Crippen molar-refractivity contribution in [2.75, 3.05) is 0 Å². The predicted octanol–water partition coefficient (Wildman–Crippen LogP) is 3.33. The first kappa shape index (κ1) is 27.5. The van der Waals surface area contributed by atoms with Gasteiger partial charge in [-0.1, -0.05) is 13.0 Å². The lowest BCUT2D eigenvalue weighted by Gasteiger charge is -2.63. The lowest BCUT2D eigenvalue weighted by molar-refractivity contribution is -0.223. The Labute approximate surface area is 216 Å². The van der Waals surface area contributed by atoms with E-state index >= 15 is 8.78 Å². The molecule has 200 valence electrons. The van der Waals surface area contributed by atoms with Gasteiger partial charge in [-0.15, -0.1) is 0 Å². The Morgan fingerprint density at radius 1 is 1.25 bits per heavy atom. The van der Waals surface area contributed by atoms with Gasteiger partial charge in [-0.05, 0) is 85.4 Å². The number of halogens is 3. The van der Waals surface area contributed by atoms with E-state index in [0.29, 0.717) is 0 Å². The third kappa shape index (κ3) is 3.69. The van der Waals surface area contributed by atoms with Gasteiger partial charge in [0, 0.05) is 23.2 Å². The Morgan fingerprint density at radius 2 is 1.92 bits per heavy atom. The van der Waals surface area contributed by atoms with Crippen LogP contribution in [0, 0.1) is 22.7 Å². The molecule has 4 rings (SSSR count). The number of hydrogen-bond donors (Lipinski definition) is 4. The summed E-state index contributed by atoms with van der Waals surface area (Å²) >= 11 is 3.14. The molecule has 10 heteroatoms. The van der Waals surface area contributed by atoms with E-state index in [9.17, 15) is 29.7 Å². The van der Waals surface area contributed by atoms with E-state index in [2.05, 4.69) is 15.9 Å². The zero-order chi connectivity index (χ0) is 26.8. The van der Waals surface area contributed by atoms with Gasteiger partial charge in [0.2, 0.25) is 0 Å². The third-order valence-electron chi connectivity index (χ3n) is 9.67. The largest absolute Gasteiger partial charge is 0.481 e. The molecule has 0 heterocycles. The van der Waals surface area contributed by atoms with Crippen molar-refractivity contribution in [1.82, 2.24) is 0 Å². The summed E-state index contributed by atoms with van der Waals surface area (Å²) < 4.78 is 32.8. The first-order chi connectivity index (χ1) is 16.6. The molecule has 3 fully saturated rings. The van der Waals surface area contributed by atoms with Crippen molar-refractivity contribution in [1.29, 1.82) is 0 Å². The quantitative estimate of drug-likeness (QED) is 0.343. The fraction of sp³-hybridized carbons (Fsp3) is 0.731. The van der Waals surface area contributed by atoms with Crippen molar-refractivity contribution >= 4 is 33.5 Å². The highest BCUT2D eigenvalue weighted by atomic mass is 79.9. The summed E-state index contributed by atoms with van der Waals surface area (Å²) in [5.74, 6) is -3.98. The summed E-state index contributed by atoms with van der Waals surface area (Å²) in [4.78, 5) is 36.2. The van der Waals surface area contributed by atoms with Gasteiger partial charge in [0.25, 0.3) is 0 Å². The minimum atomic E-state index is -2.34. The van der Waals surface area contributed by atoms with Crippen LogP contribution >= 0.6 is 15.9 Å². The van der Waals surface area contributed by atoms with Gasteiger partial charge in [-0.2, -0.15) is 0 Å². The Morgan fingerprint density at radius 3 is 2.56 bits per heavy atom. The van der Waals surface area contributed by atoms with Crippen molar-refractivity contribution in [2.24, 2.45) is 22.7 Å². The maximum absolute atomic E-state index is 17.2. The number of alkyl halides is 2. The third-order valence-corrected chi connectivity index (χ3v) is 10.3. The Bertz CT molecular complexity index is 1050. The minimum Gasteiger partial charge on any atom is -0.481 e. The van der Waals surface area contributed by atoms with Crippen LogP contribution in [0.1, 0.15) is 65.2 Å². The Hall–Kier alpha value is -1.49. The SMILES string of the molecule is C[C@]12C=C(Br)C(=O)C=C1C(F)C[C@H]1[C@@H]3CC[C@](O)(C(=O)C(O)CCCCC(=O)O)[C@@]3(C)CC(O)[C@@]12F. The topological polar surface area (TPSA) is 132 Å². The normalized spacial score (nSPS) is 44.6. The average Bonchev–Trinajstić information content (AvgIpc) is 3.06. The highest BCUT2D eigenvalue weighted by Gasteiger charge is 2.75. The van der Waals surface area contributed by atoms with Gasteiger partial charge in [0.05, 0.1) is 10.6 Å². The Kier molecular flexibility index (Phi) is 6.93. The van der Waals surface area contributed by atoms with E-state index in [1.165, 1.54) is 13.0 Å². The van der Waals surface area contributed by atoms with Crippen molar-refractivity contribution in [3.63, 3.8) is 0 Å². The fourth-order valence-electron chi connectivity index (χ4n) is 7.69. The van der Waals surface area contributed by atoms with Crippen LogP contribution in [0.3, 0.4) is 0 Å². The van der Waals surface area contributed by atoms with Gasteiger partial charge >= 0.3 is 5.97 Å². The number of rotatable bonds is 7. The first-order valence-electron chi connectivity index (χ1n) is 12.5. The van der Waals surface area contributed by atoms with Crippen LogP contribution in [0.15, 0.2) is 22.2 Å². The number of unbranched alkanes of at least 4 members (excludes halogenated alkanes) is 1. The first-order valence-corrected chi connectivity index (χ1v) is 13.2. The molecular weight excluding hydrogens is 542 g/mol. The number of fused-ring (bicyclic) bond motifs is 5. The average molecular weight is 575 g/mol. The highest BCUT2D eigenvalue weighted by Crippen LogP contribution is 2.70. The van der Waals surface area contributed by atoms with E-state index in [1.807, 2.05) is 0 Å². The predicted molar refractivity (Wildman–Crippen MR) is 129 cm³/mol. The molecule has 0 aromatic rings. The molecule has 0 amide bonds. The summed E-state index contributed by atoms with van der Waals surface area (Å²) in [6, 6.07) is 0. The number of aliphatic hydroxyl groups excluding tert-OH is 2. The van der Waals surface area contributed by atoms with Crippen LogP contribution in [-0.2, 0) is 14.4 Å². The summed E-state index contributed by atoms with van der Waals surface area (Å²) in [6.45, 7) is 3.07. The summed E-state index contributed by atoms with van der Waals surface area (Å²) in [5.41, 5.74) is -7.31. The van der Waals surface area contributed by atoms with E-state index in [1.54, 1.807) is 6.92 Å². The number of hydrogen-bond acceptors (Lipinski definition) is 6. The van der Waals surface area contributed by atoms with E-state index in [4.69, 9.17) is 5.11 Å². The molecule has 9 atom stereocenters. The number of allylic oxidation sites excluding steroid dienone is 4. The highest BCUT2D eigenvalue weighted by molar-refractivity contribution is 9.12. The molecule has 4 N–H and O–H groups in total. The number of aliphatic hydroxyl groups is 3. The molecule has 3 unspecified atom stereocenters. The maximum atomic E-state index is 17.2. The van der Waals surface area contributed by atoms with Crippen LogP contribution in [0.25, 0.3) is 0 Å². The zero-order valence-electron chi connectivity index (χ0n) is 20.3. The molecular formula is C26H33BrF2O7. The molecule has 0 aromatic carbocycles. The fourth-order valence-corrected chi connectivity index (χ4v) is 8.26.